The lowest BCUT2D eigenvalue weighted by atomic mass is 9.99. The third-order valence-electron chi connectivity index (χ3n) is 3.02. The summed E-state index contributed by atoms with van der Waals surface area (Å²) in [6.07, 6.45) is 0. The first-order chi connectivity index (χ1) is 4.19. The molecule has 2 heteroatoms. The van der Waals surface area contributed by atoms with Crippen molar-refractivity contribution in [2.24, 2.45) is 5.92 Å². The molecule has 0 aromatic heterocycles. The minimum atomic E-state index is -1.95. The zero-order valence-electron chi connectivity index (χ0n) is 8.02. The van der Waals surface area contributed by atoms with Crippen molar-refractivity contribution < 1.29 is 4.80 Å². The van der Waals surface area contributed by atoms with Gasteiger partial charge in [-0.05, 0) is 24.1 Å². The molecule has 62 valence electrons. The summed E-state index contributed by atoms with van der Waals surface area (Å²) in [6, 6.07) is 0. The molecule has 0 bridgehead atoms. The molecule has 0 aliphatic rings. The molecular weight excluding hydrogens is 140 g/mol. The summed E-state index contributed by atoms with van der Waals surface area (Å²) in [6.45, 7) is 12.7. The molecular formula is C8H20OSi. The van der Waals surface area contributed by atoms with E-state index in [0.29, 0.717) is 5.92 Å². The van der Waals surface area contributed by atoms with Crippen LogP contribution in [-0.2, 0) is 0 Å². The summed E-state index contributed by atoms with van der Waals surface area (Å²) in [7, 11) is -1.95. The Hall–Kier alpha value is 0.177. The largest absolute Gasteiger partial charge is 0.432 e. The molecule has 0 aromatic carbocycles. The Morgan fingerprint density at radius 1 is 1.20 bits per heavy atom. The third kappa shape index (κ3) is 1.83. The maximum Gasteiger partial charge on any atom is 0.188 e. The summed E-state index contributed by atoms with van der Waals surface area (Å²) in [5.74, 6) is 0.569. The van der Waals surface area contributed by atoms with Crippen molar-refractivity contribution in [3.63, 3.8) is 0 Å². The molecule has 0 aliphatic heterocycles. The summed E-state index contributed by atoms with van der Waals surface area (Å²) >= 11 is 0. The highest BCUT2D eigenvalue weighted by atomic mass is 28.4. The Balaban J connectivity index is 4.40. The molecule has 1 N–H and O–H groups in total. The van der Waals surface area contributed by atoms with Gasteiger partial charge in [-0.2, -0.15) is 0 Å². The number of hydrogen-bond donors (Lipinski definition) is 1. The highest BCUT2D eigenvalue weighted by molar-refractivity contribution is 6.72. The second-order valence-electron chi connectivity index (χ2n) is 4.44. The molecule has 0 saturated carbocycles. The third-order valence-corrected chi connectivity index (χ3v) is 6.75. The molecule has 1 nitrogen and oxygen atoms in total. The van der Waals surface area contributed by atoms with Crippen molar-refractivity contribution in [3.05, 3.63) is 0 Å². The first-order valence-corrected chi connectivity index (χ1v) is 6.86. The predicted octanol–water partition coefficient (Wildman–Crippen LogP) is 2.62. The van der Waals surface area contributed by atoms with Crippen LogP contribution in [0.25, 0.3) is 0 Å². The van der Waals surface area contributed by atoms with Gasteiger partial charge in [-0.25, -0.2) is 0 Å². The molecule has 0 heterocycles. The maximum atomic E-state index is 9.85. The average molecular weight is 160 g/mol. The van der Waals surface area contributed by atoms with Crippen molar-refractivity contribution in [1.82, 2.24) is 0 Å². The highest BCUT2D eigenvalue weighted by Gasteiger charge is 2.40. The fourth-order valence-corrected chi connectivity index (χ4v) is 2.12. The smallest absolute Gasteiger partial charge is 0.188 e. The number of hydrogen-bond acceptors (Lipinski definition) is 1. The minimum absolute atomic E-state index is 0.132. The lowest BCUT2D eigenvalue weighted by Gasteiger charge is -2.38. The monoisotopic (exact) mass is 160 g/mol. The Morgan fingerprint density at radius 3 is 1.50 bits per heavy atom. The van der Waals surface area contributed by atoms with Gasteiger partial charge < -0.3 is 4.80 Å². The average Bonchev–Trinajstić information content (AvgIpc) is 1.62. The van der Waals surface area contributed by atoms with Gasteiger partial charge in [0.2, 0.25) is 0 Å². The van der Waals surface area contributed by atoms with E-state index in [-0.39, 0.29) is 5.04 Å². The van der Waals surface area contributed by atoms with Gasteiger partial charge in [-0.15, -0.1) is 0 Å². The van der Waals surface area contributed by atoms with E-state index in [1.165, 1.54) is 0 Å². The molecule has 0 amide bonds. The predicted molar refractivity (Wildman–Crippen MR) is 48.6 cm³/mol. The molecule has 0 spiro atoms. The van der Waals surface area contributed by atoms with E-state index in [0.717, 1.165) is 0 Å². The van der Waals surface area contributed by atoms with E-state index >= 15 is 0 Å². The van der Waals surface area contributed by atoms with E-state index in [9.17, 15) is 4.80 Å². The van der Waals surface area contributed by atoms with E-state index in [4.69, 9.17) is 0 Å². The van der Waals surface area contributed by atoms with Crippen molar-refractivity contribution >= 4 is 8.32 Å². The molecule has 0 rings (SSSR count). The van der Waals surface area contributed by atoms with Crippen LogP contribution < -0.4 is 0 Å². The molecule has 10 heavy (non-hydrogen) atoms. The van der Waals surface area contributed by atoms with Gasteiger partial charge in [0.1, 0.15) is 0 Å². The standard InChI is InChI=1S/C8H20OSi/c1-7(2)8(3,4)10(5,6)9/h7,9H,1-6H3. The van der Waals surface area contributed by atoms with Crippen LogP contribution in [-0.4, -0.2) is 13.1 Å². The second-order valence-corrected chi connectivity index (χ2v) is 8.84. The Labute approximate surface area is 65.6 Å². The quantitative estimate of drug-likeness (QED) is 0.616. The maximum absolute atomic E-state index is 9.85. The topological polar surface area (TPSA) is 20.2 Å². The van der Waals surface area contributed by atoms with Gasteiger partial charge in [0.05, 0.1) is 0 Å². The SMILES string of the molecule is CC(C)C(C)(C)[Si](C)(C)O. The van der Waals surface area contributed by atoms with E-state index in [1.807, 2.05) is 13.1 Å². The van der Waals surface area contributed by atoms with Gasteiger partial charge in [0, 0.05) is 0 Å². The van der Waals surface area contributed by atoms with Gasteiger partial charge in [-0.3, -0.25) is 0 Å². The first-order valence-electron chi connectivity index (χ1n) is 3.92. The Morgan fingerprint density at radius 2 is 1.50 bits per heavy atom. The molecule has 0 atom stereocenters. The van der Waals surface area contributed by atoms with Crippen LogP contribution in [0.1, 0.15) is 27.7 Å². The van der Waals surface area contributed by atoms with E-state index in [2.05, 4.69) is 27.7 Å². The molecule has 0 fully saturated rings. The van der Waals surface area contributed by atoms with Crippen LogP contribution in [0.5, 0.6) is 0 Å². The Kier molecular flexibility index (Phi) is 2.71. The zero-order chi connectivity index (χ0) is 8.58. The molecule has 0 radical (unpaired) electrons. The molecule has 0 aliphatic carbocycles. The van der Waals surface area contributed by atoms with Gasteiger partial charge >= 0.3 is 0 Å². The zero-order valence-corrected chi connectivity index (χ0v) is 9.02. The van der Waals surface area contributed by atoms with E-state index < -0.39 is 8.32 Å². The lowest BCUT2D eigenvalue weighted by molar-refractivity contribution is 0.388. The van der Waals surface area contributed by atoms with Gasteiger partial charge in [0.15, 0.2) is 8.32 Å². The second kappa shape index (κ2) is 2.66. The van der Waals surface area contributed by atoms with Gasteiger partial charge in [0.25, 0.3) is 0 Å². The van der Waals surface area contributed by atoms with Crippen LogP contribution in [0, 0.1) is 5.92 Å². The van der Waals surface area contributed by atoms with E-state index in [1.54, 1.807) is 0 Å². The normalized spacial score (nSPS) is 14.4. The lowest BCUT2D eigenvalue weighted by Crippen LogP contribution is -2.42. The molecule has 0 saturated heterocycles. The summed E-state index contributed by atoms with van der Waals surface area (Å²) in [5.41, 5.74) is 0. The molecule has 0 aromatic rings. The highest BCUT2D eigenvalue weighted by Crippen LogP contribution is 2.42. The van der Waals surface area contributed by atoms with Crippen LogP contribution in [0.2, 0.25) is 18.1 Å². The fourth-order valence-electron chi connectivity index (χ4n) is 0.706. The molecule has 0 unspecified atom stereocenters. The number of rotatable bonds is 2. The van der Waals surface area contributed by atoms with Crippen molar-refractivity contribution in [3.8, 4) is 0 Å². The minimum Gasteiger partial charge on any atom is -0.432 e. The fraction of sp³-hybridized carbons (Fsp3) is 1.00. The van der Waals surface area contributed by atoms with Crippen LogP contribution >= 0.6 is 0 Å². The summed E-state index contributed by atoms with van der Waals surface area (Å²) in [5, 5.41) is 0.132. The first kappa shape index (κ1) is 10.2. The van der Waals surface area contributed by atoms with Gasteiger partial charge in [-0.1, -0.05) is 27.7 Å². The summed E-state index contributed by atoms with van der Waals surface area (Å²) in [4.78, 5) is 9.85. The van der Waals surface area contributed by atoms with Crippen molar-refractivity contribution in [2.75, 3.05) is 0 Å². The van der Waals surface area contributed by atoms with Crippen LogP contribution in [0.4, 0.5) is 0 Å². The Bertz CT molecular complexity index is 111. The van der Waals surface area contributed by atoms with Crippen molar-refractivity contribution in [2.45, 2.75) is 45.8 Å². The van der Waals surface area contributed by atoms with Crippen LogP contribution in [0.3, 0.4) is 0 Å². The van der Waals surface area contributed by atoms with Crippen LogP contribution in [0.15, 0.2) is 0 Å². The summed E-state index contributed by atoms with van der Waals surface area (Å²) < 4.78 is 0. The van der Waals surface area contributed by atoms with Crippen molar-refractivity contribution in [1.29, 1.82) is 0 Å².